The summed E-state index contributed by atoms with van der Waals surface area (Å²) < 4.78 is 0. The fraction of sp³-hybridized carbons (Fsp3) is 0.476. The van der Waals surface area contributed by atoms with E-state index in [1.54, 1.807) is 25.2 Å². The minimum absolute atomic E-state index is 0.270. The van der Waals surface area contributed by atoms with Gasteiger partial charge in [-0.2, -0.15) is 5.10 Å². The summed E-state index contributed by atoms with van der Waals surface area (Å²) in [6.45, 7) is 1.75. The van der Waals surface area contributed by atoms with E-state index in [1.807, 2.05) is 0 Å². The van der Waals surface area contributed by atoms with Crippen LogP contribution in [0.5, 0.6) is 0 Å². The van der Waals surface area contributed by atoms with E-state index in [0.717, 1.165) is 38.6 Å². The van der Waals surface area contributed by atoms with Crippen LogP contribution in [-0.2, 0) is 0 Å². The topological polar surface area (TPSA) is 99.4 Å². The zero-order valence-electron chi connectivity index (χ0n) is 16.9. The van der Waals surface area contributed by atoms with Crippen molar-refractivity contribution < 1.29 is 4.79 Å². The van der Waals surface area contributed by atoms with Gasteiger partial charge in [-0.15, -0.1) is 0 Å². The Bertz CT molecular complexity index is 964. The molecule has 30 heavy (non-hydrogen) atoms. The average molecular weight is 449 g/mol. The number of carbonyl (C=O) groups excluding carboxylic acids is 1. The van der Waals surface area contributed by atoms with Crippen molar-refractivity contribution in [3.8, 4) is 11.3 Å². The van der Waals surface area contributed by atoms with E-state index in [-0.39, 0.29) is 5.41 Å². The molecule has 7 nitrogen and oxygen atoms in total. The number of benzene rings is 1. The number of halogens is 2. The number of hydrogen-bond donors (Lipinski definition) is 3. The molecule has 9 heteroatoms. The highest BCUT2D eigenvalue weighted by Gasteiger charge is 2.43. The lowest BCUT2D eigenvalue weighted by Crippen LogP contribution is -2.50. The maximum atomic E-state index is 11.9. The molecule has 1 aliphatic carbocycles. The fourth-order valence-corrected chi connectivity index (χ4v) is 5.19. The molecule has 4 N–H and O–H groups in total. The van der Waals surface area contributed by atoms with Gasteiger partial charge in [0.25, 0.3) is 0 Å². The van der Waals surface area contributed by atoms with Crippen molar-refractivity contribution in [2.45, 2.75) is 38.1 Å². The van der Waals surface area contributed by atoms with Gasteiger partial charge in [0.2, 0.25) is 0 Å². The first kappa shape index (κ1) is 21.2. The third-order valence-corrected chi connectivity index (χ3v) is 7.44. The first-order valence-corrected chi connectivity index (χ1v) is 11.0. The van der Waals surface area contributed by atoms with Gasteiger partial charge in [-0.25, -0.2) is 0 Å². The number of aliphatic imine (C=N–C) groups is 1. The predicted octanol–water partition coefficient (Wildman–Crippen LogP) is 4.19. The first-order chi connectivity index (χ1) is 14.5. The number of H-pyrrole nitrogens is 1. The number of guanidine groups is 1. The van der Waals surface area contributed by atoms with Crippen molar-refractivity contribution >= 4 is 41.3 Å². The zero-order valence-corrected chi connectivity index (χ0v) is 18.4. The number of aromatic nitrogens is 2. The van der Waals surface area contributed by atoms with Gasteiger partial charge >= 0.3 is 0 Å². The average Bonchev–Trinajstić information content (AvgIpc) is 3.32. The molecule has 1 spiro atoms. The van der Waals surface area contributed by atoms with E-state index in [2.05, 4.69) is 25.4 Å². The quantitative estimate of drug-likeness (QED) is 0.371. The molecule has 0 radical (unpaired) electrons. The van der Waals surface area contributed by atoms with Crippen LogP contribution in [0.4, 0.5) is 5.82 Å². The molecule has 160 valence electrons. The minimum atomic E-state index is 0.270. The predicted molar refractivity (Wildman–Crippen MR) is 121 cm³/mol. The van der Waals surface area contributed by atoms with E-state index < -0.39 is 0 Å². The maximum Gasteiger partial charge on any atom is 0.199 e. The van der Waals surface area contributed by atoms with E-state index in [1.165, 1.54) is 12.8 Å². The van der Waals surface area contributed by atoms with Crippen molar-refractivity contribution in [3.05, 3.63) is 33.8 Å². The van der Waals surface area contributed by atoms with Gasteiger partial charge in [0.15, 0.2) is 18.1 Å². The Kier molecular flexibility index (Phi) is 6.04. The van der Waals surface area contributed by atoms with E-state index in [9.17, 15) is 4.79 Å². The van der Waals surface area contributed by atoms with Crippen LogP contribution in [0.25, 0.3) is 11.3 Å². The highest BCUT2D eigenvalue weighted by Crippen LogP contribution is 2.45. The van der Waals surface area contributed by atoms with E-state index in [0.29, 0.717) is 44.7 Å². The van der Waals surface area contributed by atoms with Crippen molar-refractivity contribution in [1.82, 2.24) is 15.1 Å². The van der Waals surface area contributed by atoms with Crippen molar-refractivity contribution in [1.29, 1.82) is 0 Å². The molecule has 1 aliphatic heterocycles. The zero-order chi connectivity index (χ0) is 21.3. The summed E-state index contributed by atoms with van der Waals surface area (Å²) in [5.74, 6) is 1.10. The Morgan fingerprint density at radius 2 is 2.13 bits per heavy atom. The Balaban J connectivity index is 1.53. The van der Waals surface area contributed by atoms with Crippen LogP contribution in [0.15, 0.2) is 23.2 Å². The summed E-state index contributed by atoms with van der Waals surface area (Å²) in [5, 5.41) is 11.2. The van der Waals surface area contributed by atoms with Gasteiger partial charge in [0.05, 0.1) is 21.3 Å². The van der Waals surface area contributed by atoms with Gasteiger partial charge in [0.1, 0.15) is 0 Å². The molecule has 2 heterocycles. The van der Waals surface area contributed by atoms with Gasteiger partial charge in [-0.3, -0.25) is 14.9 Å². The molecule has 1 saturated heterocycles. The van der Waals surface area contributed by atoms with Crippen molar-refractivity contribution in [2.75, 3.05) is 25.5 Å². The number of rotatable bonds is 3. The Morgan fingerprint density at radius 1 is 1.37 bits per heavy atom. The van der Waals surface area contributed by atoms with Crippen LogP contribution in [0.1, 0.15) is 42.5 Å². The van der Waals surface area contributed by atoms with Gasteiger partial charge in [0, 0.05) is 31.7 Å². The van der Waals surface area contributed by atoms with Crippen LogP contribution in [-0.4, -0.2) is 53.5 Å². The van der Waals surface area contributed by atoms with Crippen LogP contribution in [0.2, 0.25) is 10.0 Å². The lowest BCUT2D eigenvalue weighted by atomic mass is 9.74. The second kappa shape index (κ2) is 8.57. The van der Waals surface area contributed by atoms with Gasteiger partial charge in [-0.1, -0.05) is 41.8 Å². The molecule has 1 aromatic heterocycles. The molecule has 1 atom stereocenters. The smallest absolute Gasteiger partial charge is 0.199 e. The van der Waals surface area contributed by atoms with E-state index >= 15 is 0 Å². The summed E-state index contributed by atoms with van der Waals surface area (Å²) in [6, 6.07) is 5.57. The minimum Gasteiger partial charge on any atom is -0.343 e. The summed E-state index contributed by atoms with van der Waals surface area (Å²) in [4.78, 5) is 18.5. The van der Waals surface area contributed by atoms with Crippen molar-refractivity contribution in [2.24, 2.45) is 16.1 Å². The van der Waals surface area contributed by atoms with Crippen LogP contribution in [0, 0.1) is 5.41 Å². The summed E-state index contributed by atoms with van der Waals surface area (Å²) in [7, 11) is 1.73. The Hall–Kier alpha value is -2.09. The molecule has 1 unspecified atom stereocenters. The second-order valence-electron chi connectivity index (χ2n) is 8.10. The monoisotopic (exact) mass is 448 g/mol. The lowest BCUT2D eigenvalue weighted by molar-refractivity contribution is 0.112. The number of carbonyl (C=O) groups is 1. The highest BCUT2D eigenvalue weighted by molar-refractivity contribution is 6.43. The van der Waals surface area contributed by atoms with Crippen LogP contribution < -0.4 is 11.1 Å². The summed E-state index contributed by atoms with van der Waals surface area (Å²) in [5.41, 5.74) is 8.19. The Morgan fingerprint density at radius 3 is 2.77 bits per heavy atom. The number of nitrogens with zero attached hydrogens (tertiary/aromatic N) is 3. The third kappa shape index (κ3) is 3.70. The van der Waals surface area contributed by atoms with Crippen LogP contribution in [0.3, 0.4) is 0 Å². The summed E-state index contributed by atoms with van der Waals surface area (Å²) >= 11 is 12.5. The fourth-order valence-electron chi connectivity index (χ4n) is 4.80. The molecular weight excluding hydrogens is 423 g/mol. The number of likely N-dealkylation sites (tertiary alicyclic amines) is 1. The largest absolute Gasteiger partial charge is 0.343 e. The number of anilines is 1. The molecule has 4 rings (SSSR count). The third-order valence-electron chi connectivity index (χ3n) is 6.62. The second-order valence-corrected chi connectivity index (χ2v) is 8.89. The summed E-state index contributed by atoms with van der Waals surface area (Å²) in [6.07, 6.45) is 6.43. The molecule has 0 bridgehead atoms. The molecule has 2 aromatic rings. The molecule has 1 aromatic carbocycles. The maximum absolute atomic E-state index is 11.9. The highest BCUT2D eigenvalue weighted by atomic mass is 35.5. The first-order valence-electron chi connectivity index (χ1n) is 10.2. The molecule has 2 aliphatic rings. The number of aldehydes is 1. The normalized spacial score (nSPS) is 21.3. The number of nitrogens with one attached hydrogen (secondary N) is 2. The van der Waals surface area contributed by atoms with Gasteiger partial charge < -0.3 is 16.0 Å². The van der Waals surface area contributed by atoms with Crippen molar-refractivity contribution in [3.63, 3.8) is 0 Å². The molecule has 1 saturated carbocycles. The standard InChI is InChI=1S/C21H26Cl2N6O/c1-25-20(29-10-8-21(9-11-29)7-3-6-16(21)24)26-19-14(12-30)18(27-28-19)13-4-2-5-15(22)17(13)23/h2,4-5,12,16H,3,6-11,24H2,1H3,(H2,25,26,27,28). The van der Waals surface area contributed by atoms with E-state index in [4.69, 9.17) is 28.9 Å². The molecule has 2 fully saturated rings. The molecule has 0 amide bonds. The van der Waals surface area contributed by atoms with Gasteiger partial charge in [-0.05, 0) is 37.2 Å². The van der Waals surface area contributed by atoms with Crippen LogP contribution >= 0.6 is 23.2 Å². The SMILES string of the molecule is CN=C(Nc1n[nH]c(-c2cccc(Cl)c2Cl)c1C=O)N1CCC2(CCCC2N)CC1. The Labute approximate surface area is 186 Å². The number of aromatic amines is 1. The lowest BCUT2D eigenvalue weighted by Gasteiger charge is -2.43. The number of nitrogens with two attached hydrogens (primary N) is 1. The number of piperidine rings is 1. The molecular formula is C21H26Cl2N6O. The number of hydrogen-bond acceptors (Lipinski definition) is 4.